The largest absolute Gasteiger partial charge is 0.370 e. The van der Waals surface area contributed by atoms with Gasteiger partial charge in [-0.1, -0.05) is 0 Å². The second kappa shape index (κ2) is 5.69. The Morgan fingerprint density at radius 1 is 1.50 bits per heavy atom. The smallest absolute Gasteiger partial charge is 0.217 e. The molecule has 1 amide bonds. The lowest BCUT2D eigenvalue weighted by Crippen LogP contribution is -2.35. The number of hydrogen-bond acceptors (Lipinski definition) is 3. The van der Waals surface area contributed by atoms with Gasteiger partial charge < -0.3 is 10.6 Å². The monoisotopic (exact) mass is 311 g/mol. The predicted molar refractivity (Wildman–Crippen MR) is 75.4 cm³/mol. The van der Waals surface area contributed by atoms with Gasteiger partial charge in [-0.25, -0.2) is 4.98 Å². The first-order valence-corrected chi connectivity index (χ1v) is 7.02. The molecule has 0 unspecified atom stereocenters. The van der Waals surface area contributed by atoms with Gasteiger partial charge in [0.1, 0.15) is 5.82 Å². The maximum Gasteiger partial charge on any atom is 0.217 e. The quantitative estimate of drug-likeness (QED) is 0.931. The molecule has 0 bridgehead atoms. The lowest BCUT2D eigenvalue weighted by Gasteiger charge is -2.32. The third-order valence-electron chi connectivity index (χ3n) is 3.44. The number of rotatable bonds is 3. The maximum absolute atomic E-state index is 10.9. The molecule has 1 aliphatic rings. The summed E-state index contributed by atoms with van der Waals surface area (Å²) in [5.74, 6) is 1.27. The number of halogens is 1. The molecule has 0 aromatic carbocycles. The normalized spacial score (nSPS) is 16.9. The van der Waals surface area contributed by atoms with Crippen LogP contribution in [0.15, 0.2) is 16.6 Å². The van der Waals surface area contributed by atoms with Crippen molar-refractivity contribution in [3.8, 4) is 0 Å². The molecule has 0 spiro atoms. The fourth-order valence-electron chi connectivity index (χ4n) is 2.36. The Labute approximate surface area is 116 Å². The summed E-state index contributed by atoms with van der Waals surface area (Å²) in [6.45, 7) is 3.89. The van der Waals surface area contributed by atoms with Gasteiger partial charge >= 0.3 is 0 Å². The summed E-state index contributed by atoms with van der Waals surface area (Å²) in [6, 6.07) is 4.07. The van der Waals surface area contributed by atoms with Gasteiger partial charge in [-0.15, -0.1) is 0 Å². The van der Waals surface area contributed by atoms with Gasteiger partial charge in [0.15, 0.2) is 0 Å². The maximum atomic E-state index is 10.9. The molecule has 0 aliphatic carbocycles. The molecule has 2 N–H and O–H groups in total. The highest BCUT2D eigenvalue weighted by atomic mass is 79.9. The van der Waals surface area contributed by atoms with E-state index in [-0.39, 0.29) is 5.91 Å². The standard InChI is InChI=1S/C13H18BrN3O/c1-9-11(14)2-3-13(16-9)17-6-4-10(5-7-17)8-12(15)18/h2-3,10H,4-8H2,1H3,(H2,15,18). The van der Waals surface area contributed by atoms with E-state index < -0.39 is 0 Å². The molecule has 1 aliphatic heterocycles. The molecule has 0 saturated carbocycles. The topological polar surface area (TPSA) is 59.2 Å². The van der Waals surface area contributed by atoms with Gasteiger partial charge in [0, 0.05) is 24.0 Å². The van der Waals surface area contributed by atoms with E-state index in [2.05, 4.69) is 25.8 Å². The van der Waals surface area contributed by atoms with Crippen molar-refractivity contribution < 1.29 is 4.79 Å². The fourth-order valence-corrected chi connectivity index (χ4v) is 2.58. The van der Waals surface area contributed by atoms with E-state index >= 15 is 0 Å². The molecular weight excluding hydrogens is 294 g/mol. The van der Waals surface area contributed by atoms with Gasteiger partial charge in [-0.2, -0.15) is 0 Å². The highest BCUT2D eigenvalue weighted by Gasteiger charge is 2.21. The predicted octanol–water partition coefficient (Wildman–Crippen LogP) is 2.24. The Kier molecular flexibility index (Phi) is 4.22. The molecule has 1 aromatic heterocycles. The van der Waals surface area contributed by atoms with E-state index in [1.54, 1.807) is 0 Å². The zero-order valence-corrected chi connectivity index (χ0v) is 12.1. The second-order valence-corrected chi connectivity index (χ2v) is 5.69. The minimum atomic E-state index is -0.189. The van der Waals surface area contributed by atoms with Crippen molar-refractivity contribution in [3.63, 3.8) is 0 Å². The van der Waals surface area contributed by atoms with E-state index in [9.17, 15) is 4.79 Å². The number of piperidine rings is 1. The van der Waals surface area contributed by atoms with Crippen LogP contribution in [0.25, 0.3) is 0 Å². The number of nitrogens with zero attached hydrogens (tertiary/aromatic N) is 2. The zero-order chi connectivity index (χ0) is 13.1. The number of carbonyl (C=O) groups excluding carboxylic acids is 1. The number of aryl methyl sites for hydroxylation is 1. The van der Waals surface area contributed by atoms with Crippen molar-refractivity contribution in [1.29, 1.82) is 0 Å². The fraction of sp³-hybridized carbons (Fsp3) is 0.538. The van der Waals surface area contributed by atoms with Crippen LogP contribution in [0.4, 0.5) is 5.82 Å². The van der Waals surface area contributed by atoms with Gasteiger partial charge in [0.05, 0.1) is 5.69 Å². The van der Waals surface area contributed by atoms with E-state index in [0.29, 0.717) is 12.3 Å². The summed E-state index contributed by atoms with van der Waals surface area (Å²) in [4.78, 5) is 17.7. The zero-order valence-electron chi connectivity index (χ0n) is 10.5. The van der Waals surface area contributed by atoms with Crippen LogP contribution in [-0.4, -0.2) is 24.0 Å². The second-order valence-electron chi connectivity index (χ2n) is 4.84. The summed E-state index contributed by atoms with van der Waals surface area (Å²) in [7, 11) is 0. The van der Waals surface area contributed by atoms with Crippen molar-refractivity contribution in [2.24, 2.45) is 11.7 Å². The average Bonchev–Trinajstić information content (AvgIpc) is 2.33. The minimum absolute atomic E-state index is 0.189. The van der Waals surface area contributed by atoms with Gasteiger partial charge in [-0.05, 0) is 53.7 Å². The van der Waals surface area contributed by atoms with Crippen molar-refractivity contribution in [2.45, 2.75) is 26.2 Å². The molecule has 1 fully saturated rings. The number of anilines is 1. The van der Waals surface area contributed by atoms with Crippen LogP contribution in [0.2, 0.25) is 0 Å². The van der Waals surface area contributed by atoms with Crippen LogP contribution < -0.4 is 10.6 Å². The lowest BCUT2D eigenvalue weighted by molar-refractivity contribution is -0.119. The lowest BCUT2D eigenvalue weighted by atomic mass is 9.93. The number of primary amides is 1. The van der Waals surface area contributed by atoms with Crippen molar-refractivity contribution in [2.75, 3.05) is 18.0 Å². The van der Waals surface area contributed by atoms with Crippen LogP contribution in [0.3, 0.4) is 0 Å². The minimum Gasteiger partial charge on any atom is -0.370 e. The average molecular weight is 312 g/mol. The number of nitrogens with two attached hydrogens (primary N) is 1. The van der Waals surface area contributed by atoms with Crippen LogP contribution in [0.5, 0.6) is 0 Å². The summed E-state index contributed by atoms with van der Waals surface area (Å²) >= 11 is 3.46. The number of aromatic nitrogens is 1. The van der Waals surface area contributed by atoms with Crippen LogP contribution in [0.1, 0.15) is 25.0 Å². The van der Waals surface area contributed by atoms with Crippen molar-refractivity contribution in [1.82, 2.24) is 4.98 Å². The molecule has 5 heteroatoms. The van der Waals surface area contributed by atoms with Gasteiger partial charge in [0.25, 0.3) is 0 Å². The Morgan fingerprint density at radius 2 is 2.17 bits per heavy atom. The molecule has 0 atom stereocenters. The Hall–Kier alpha value is -1.10. The number of hydrogen-bond donors (Lipinski definition) is 1. The van der Waals surface area contributed by atoms with Crippen LogP contribution in [0, 0.1) is 12.8 Å². The molecule has 4 nitrogen and oxygen atoms in total. The molecule has 2 heterocycles. The molecule has 1 aromatic rings. The summed E-state index contributed by atoms with van der Waals surface area (Å²) in [5.41, 5.74) is 6.24. The van der Waals surface area contributed by atoms with E-state index in [1.165, 1.54) is 0 Å². The number of amides is 1. The molecule has 18 heavy (non-hydrogen) atoms. The SMILES string of the molecule is Cc1nc(N2CCC(CC(N)=O)CC2)ccc1Br. The molecule has 0 radical (unpaired) electrons. The molecular formula is C13H18BrN3O. The third kappa shape index (κ3) is 3.22. The van der Waals surface area contributed by atoms with Gasteiger partial charge in [-0.3, -0.25) is 4.79 Å². The van der Waals surface area contributed by atoms with E-state index in [4.69, 9.17) is 5.73 Å². The van der Waals surface area contributed by atoms with E-state index in [0.717, 1.165) is 41.9 Å². The van der Waals surface area contributed by atoms with Crippen LogP contribution >= 0.6 is 15.9 Å². The summed E-state index contributed by atoms with van der Waals surface area (Å²) in [5, 5.41) is 0. The van der Waals surface area contributed by atoms with Gasteiger partial charge in [0.2, 0.25) is 5.91 Å². The Bertz CT molecular complexity index is 442. The van der Waals surface area contributed by atoms with Crippen molar-refractivity contribution in [3.05, 3.63) is 22.3 Å². The summed E-state index contributed by atoms with van der Waals surface area (Å²) < 4.78 is 1.04. The molecule has 1 saturated heterocycles. The number of carbonyl (C=O) groups is 1. The highest BCUT2D eigenvalue weighted by molar-refractivity contribution is 9.10. The third-order valence-corrected chi connectivity index (χ3v) is 4.27. The first kappa shape index (κ1) is 13.3. The first-order chi connectivity index (χ1) is 8.56. The molecule has 98 valence electrons. The van der Waals surface area contributed by atoms with E-state index in [1.807, 2.05) is 19.1 Å². The summed E-state index contributed by atoms with van der Waals surface area (Å²) in [6.07, 6.45) is 2.54. The van der Waals surface area contributed by atoms with Crippen LogP contribution in [-0.2, 0) is 4.79 Å². The molecule has 2 rings (SSSR count). The van der Waals surface area contributed by atoms with Crippen molar-refractivity contribution >= 4 is 27.7 Å². The highest BCUT2D eigenvalue weighted by Crippen LogP contribution is 2.25. The Balaban J connectivity index is 1.96. The Morgan fingerprint density at radius 3 is 2.72 bits per heavy atom. The first-order valence-electron chi connectivity index (χ1n) is 6.22. The number of pyridine rings is 1.